The topological polar surface area (TPSA) is 59.3 Å². The molecule has 0 bridgehead atoms. The van der Waals surface area contributed by atoms with Gasteiger partial charge in [0.1, 0.15) is 5.58 Å². The third kappa shape index (κ3) is 3.58. The Hall–Kier alpha value is -2.40. The predicted octanol–water partition coefficient (Wildman–Crippen LogP) is 5.19. The van der Waals surface area contributed by atoms with Gasteiger partial charge in [0.05, 0.1) is 6.04 Å². The number of carbonyl (C=O) groups excluding carboxylic acids is 2. The summed E-state index contributed by atoms with van der Waals surface area (Å²) in [6, 6.07) is 12.9. The Bertz CT molecular complexity index is 973. The van der Waals surface area contributed by atoms with Gasteiger partial charge in [0.15, 0.2) is 5.76 Å². The van der Waals surface area contributed by atoms with Gasteiger partial charge >= 0.3 is 0 Å². The van der Waals surface area contributed by atoms with Crippen LogP contribution in [0.2, 0.25) is 0 Å². The van der Waals surface area contributed by atoms with Gasteiger partial charge in [0.25, 0.3) is 0 Å². The van der Waals surface area contributed by atoms with Crippen molar-refractivity contribution in [3.8, 4) is 0 Å². The van der Waals surface area contributed by atoms with E-state index >= 15 is 0 Å². The van der Waals surface area contributed by atoms with E-state index in [9.17, 15) is 9.59 Å². The molecule has 0 saturated heterocycles. The normalized spacial score (nSPS) is 12.2. The zero-order chi connectivity index (χ0) is 18.8. The van der Waals surface area contributed by atoms with E-state index in [1.165, 1.54) is 6.92 Å². The van der Waals surface area contributed by atoms with E-state index < -0.39 is 0 Å². The highest BCUT2D eigenvalue weighted by molar-refractivity contribution is 9.10. The Labute approximate surface area is 160 Å². The van der Waals surface area contributed by atoms with E-state index in [-0.39, 0.29) is 17.7 Å². The number of halogens is 1. The maximum atomic E-state index is 13.0. The molecule has 5 heteroatoms. The van der Waals surface area contributed by atoms with Gasteiger partial charge in [-0.05, 0) is 37.1 Å². The lowest BCUT2D eigenvalue weighted by molar-refractivity contribution is -0.119. The van der Waals surface area contributed by atoms with Gasteiger partial charge in [0, 0.05) is 27.9 Å². The van der Waals surface area contributed by atoms with Crippen LogP contribution in [-0.4, -0.2) is 11.7 Å². The monoisotopic (exact) mass is 413 g/mol. The first-order valence-electron chi connectivity index (χ1n) is 8.53. The number of hydrogen-bond donors (Lipinski definition) is 1. The number of fused-ring (bicyclic) bond motifs is 1. The molecule has 3 rings (SSSR count). The maximum Gasteiger partial charge on any atom is 0.228 e. The number of aryl methyl sites for hydroxylation is 1. The molecule has 0 aliphatic rings. The third-order valence-electron chi connectivity index (χ3n) is 4.41. The fourth-order valence-corrected chi connectivity index (χ4v) is 3.46. The highest BCUT2D eigenvalue weighted by atomic mass is 79.9. The number of furan rings is 1. The second-order valence-electron chi connectivity index (χ2n) is 6.28. The van der Waals surface area contributed by atoms with Crippen LogP contribution in [0.4, 0.5) is 0 Å². The average Bonchev–Trinajstić information content (AvgIpc) is 2.98. The van der Waals surface area contributed by atoms with Gasteiger partial charge in [-0.3, -0.25) is 9.59 Å². The van der Waals surface area contributed by atoms with Crippen LogP contribution in [0.1, 0.15) is 54.1 Å². The summed E-state index contributed by atoms with van der Waals surface area (Å²) in [5, 5.41) is 3.79. The molecule has 1 aromatic heterocycles. The van der Waals surface area contributed by atoms with Gasteiger partial charge in [-0.15, -0.1) is 0 Å². The lowest BCUT2D eigenvalue weighted by Gasteiger charge is -2.13. The predicted molar refractivity (Wildman–Crippen MR) is 105 cm³/mol. The molecule has 0 aliphatic heterocycles. The molecule has 1 amide bonds. The number of hydrogen-bond acceptors (Lipinski definition) is 3. The van der Waals surface area contributed by atoms with Crippen molar-refractivity contribution in [2.24, 2.45) is 0 Å². The maximum absolute atomic E-state index is 13.0. The summed E-state index contributed by atoms with van der Waals surface area (Å²) in [6.45, 7) is 5.41. The van der Waals surface area contributed by atoms with Crippen LogP contribution in [-0.2, 0) is 11.2 Å². The van der Waals surface area contributed by atoms with Crippen molar-refractivity contribution in [3.63, 3.8) is 0 Å². The molecule has 1 N–H and O–H groups in total. The van der Waals surface area contributed by atoms with E-state index in [0.29, 0.717) is 23.3 Å². The number of carbonyl (C=O) groups is 2. The minimum Gasteiger partial charge on any atom is -0.452 e. The SMILES string of the molecule is CCc1c(C(=O)c2ccc([C@@H](C)NC(C)=O)cc2)oc2ccc(Br)cc12. The first-order valence-corrected chi connectivity index (χ1v) is 9.32. The van der Waals surface area contributed by atoms with Crippen LogP contribution in [0.5, 0.6) is 0 Å². The van der Waals surface area contributed by atoms with Crippen molar-refractivity contribution in [2.45, 2.75) is 33.2 Å². The fraction of sp³-hybridized carbons (Fsp3) is 0.238. The van der Waals surface area contributed by atoms with Crippen LogP contribution in [0.25, 0.3) is 11.0 Å². The molecule has 26 heavy (non-hydrogen) atoms. The second kappa shape index (κ2) is 7.46. The summed E-state index contributed by atoms with van der Waals surface area (Å²) in [5.74, 6) is 0.176. The van der Waals surface area contributed by atoms with Crippen molar-refractivity contribution in [1.29, 1.82) is 0 Å². The zero-order valence-electron chi connectivity index (χ0n) is 14.9. The summed E-state index contributed by atoms with van der Waals surface area (Å²) in [6.07, 6.45) is 0.710. The van der Waals surface area contributed by atoms with Crippen LogP contribution in [0.3, 0.4) is 0 Å². The first kappa shape index (κ1) is 18.4. The number of benzene rings is 2. The number of nitrogens with one attached hydrogen (secondary N) is 1. The number of amides is 1. The first-order chi connectivity index (χ1) is 12.4. The van der Waals surface area contributed by atoms with E-state index in [0.717, 1.165) is 21.0 Å². The van der Waals surface area contributed by atoms with Gasteiger partial charge in [0.2, 0.25) is 11.7 Å². The lowest BCUT2D eigenvalue weighted by Crippen LogP contribution is -2.23. The highest BCUT2D eigenvalue weighted by Crippen LogP contribution is 2.30. The minimum atomic E-state index is -0.132. The number of rotatable bonds is 5. The molecule has 0 saturated carbocycles. The molecular weight excluding hydrogens is 394 g/mol. The van der Waals surface area contributed by atoms with Crippen molar-refractivity contribution >= 4 is 38.6 Å². The fourth-order valence-electron chi connectivity index (χ4n) is 3.10. The highest BCUT2D eigenvalue weighted by Gasteiger charge is 2.21. The van der Waals surface area contributed by atoms with Gasteiger partial charge in [-0.1, -0.05) is 47.1 Å². The Kier molecular flexibility index (Phi) is 5.28. The van der Waals surface area contributed by atoms with E-state index in [2.05, 4.69) is 21.2 Å². The standard InChI is InChI=1S/C21H20BrNO3/c1-4-17-18-11-16(22)9-10-19(18)26-21(17)20(25)15-7-5-14(6-8-15)12(2)23-13(3)24/h5-12H,4H2,1-3H3,(H,23,24)/t12-/m1/s1. The summed E-state index contributed by atoms with van der Waals surface area (Å²) in [5.41, 5.74) is 3.14. The van der Waals surface area contributed by atoms with Gasteiger partial charge in [-0.2, -0.15) is 0 Å². The van der Waals surface area contributed by atoms with Crippen molar-refractivity contribution < 1.29 is 14.0 Å². The molecule has 0 fully saturated rings. The quantitative estimate of drug-likeness (QED) is 0.585. The summed E-state index contributed by atoms with van der Waals surface area (Å²) >= 11 is 3.47. The molecule has 0 aliphatic carbocycles. The molecule has 1 atom stereocenters. The van der Waals surface area contributed by atoms with E-state index in [1.54, 1.807) is 12.1 Å². The number of ketones is 1. The summed E-state index contributed by atoms with van der Waals surface area (Å²) < 4.78 is 6.82. The Balaban J connectivity index is 1.94. The van der Waals surface area contributed by atoms with Crippen LogP contribution in [0.15, 0.2) is 51.4 Å². The molecule has 2 aromatic carbocycles. The molecule has 134 valence electrons. The molecule has 0 radical (unpaired) electrons. The zero-order valence-corrected chi connectivity index (χ0v) is 16.5. The summed E-state index contributed by atoms with van der Waals surface area (Å²) in [4.78, 5) is 24.2. The molecule has 0 unspecified atom stereocenters. The van der Waals surface area contributed by atoms with Crippen molar-refractivity contribution in [1.82, 2.24) is 5.32 Å². The van der Waals surface area contributed by atoms with E-state index in [1.807, 2.05) is 44.2 Å². The molecule has 1 heterocycles. The largest absolute Gasteiger partial charge is 0.452 e. The molecule has 4 nitrogen and oxygen atoms in total. The second-order valence-corrected chi connectivity index (χ2v) is 7.19. The van der Waals surface area contributed by atoms with Crippen molar-refractivity contribution in [2.75, 3.05) is 0 Å². The Morgan fingerprint density at radius 3 is 2.46 bits per heavy atom. The van der Waals surface area contributed by atoms with Crippen LogP contribution < -0.4 is 5.32 Å². The Morgan fingerprint density at radius 2 is 1.85 bits per heavy atom. The van der Waals surface area contributed by atoms with Gasteiger partial charge < -0.3 is 9.73 Å². The van der Waals surface area contributed by atoms with E-state index in [4.69, 9.17) is 4.42 Å². The summed E-state index contributed by atoms with van der Waals surface area (Å²) in [7, 11) is 0. The lowest BCUT2D eigenvalue weighted by atomic mass is 10.00. The third-order valence-corrected chi connectivity index (χ3v) is 4.90. The molecule has 3 aromatic rings. The van der Waals surface area contributed by atoms with Crippen LogP contribution in [0, 0.1) is 0 Å². The molecule has 0 spiro atoms. The average molecular weight is 414 g/mol. The van der Waals surface area contributed by atoms with Gasteiger partial charge in [-0.25, -0.2) is 0 Å². The van der Waals surface area contributed by atoms with Crippen LogP contribution >= 0.6 is 15.9 Å². The minimum absolute atomic E-state index is 0.0846. The van der Waals surface area contributed by atoms with Crippen molar-refractivity contribution in [3.05, 3.63) is 69.4 Å². The smallest absolute Gasteiger partial charge is 0.228 e. The Morgan fingerprint density at radius 1 is 1.15 bits per heavy atom. The molecular formula is C21H20BrNO3.